The lowest BCUT2D eigenvalue weighted by atomic mass is 9.38. The Morgan fingerprint density at radius 1 is 0.364 bits per heavy atom. The third-order valence-electron chi connectivity index (χ3n) is 17.6. The summed E-state index contributed by atoms with van der Waals surface area (Å²) in [7, 11) is -5.85. The minimum absolute atomic E-state index is 0.00628. The van der Waals surface area contributed by atoms with Crippen LogP contribution < -0.4 is 93.3 Å². The molecule has 10 heteroatoms. The number of benzene rings is 8. The normalized spacial score (nSPS) is 17.2. The predicted octanol–water partition coefficient (Wildman–Crippen LogP) is -0.315. The van der Waals surface area contributed by atoms with Gasteiger partial charge in [-0.3, -0.25) is 0 Å². The maximum absolute atomic E-state index is 7.57. The standard InChI is InChI=1S/C56H30B2N5OSi2/c1-5-17-41-31(11-1)32-12-2-6-18-42(32)65(41)45-21-9-15-35-37-27-59-29-61-55(37)57(49(35)45)51-47(65)25-23-39-53(51)63(61)54-40(64-39)24-26-48-52(54)58-50-36(38-28-60-30-62(63)56(38)58)16-10-22-46(50)66(48)43-19-7-3-13-33(43)34-14-4-8-20-44(34)66/h1-30H/q+3. The zero-order valence-electron chi connectivity index (χ0n) is 35.1. The highest BCUT2D eigenvalue weighted by molar-refractivity contribution is 7.30. The second kappa shape index (κ2) is 10.2. The lowest BCUT2D eigenvalue weighted by Crippen LogP contribution is -3.02. The predicted molar refractivity (Wildman–Crippen MR) is 267 cm³/mol. The van der Waals surface area contributed by atoms with Crippen LogP contribution >= 0.6 is 0 Å². The largest absolute Gasteiger partial charge is 0.444 e. The van der Waals surface area contributed by atoms with E-state index in [1.165, 1.54) is 130 Å². The molecule has 0 fully saturated rings. The summed E-state index contributed by atoms with van der Waals surface area (Å²) in [5.74, 6) is 1.81. The molecule has 0 atom stereocenters. The summed E-state index contributed by atoms with van der Waals surface area (Å²) in [6.07, 6.45) is 8.58. The van der Waals surface area contributed by atoms with Gasteiger partial charge in [-0.1, -0.05) is 166 Å². The van der Waals surface area contributed by atoms with Crippen molar-refractivity contribution in [2.45, 2.75) is 0 Å². The fourth-order valence-corrected chi connectivity index (χ4v) is 27.3. The Bertz CT molecular complexity index is 3820. The zero-order chi connectivity index (χ0) is 42.2. The number of aromatic nitrogens is 4. The topological polar surface area (TPSA) is 42.8 Å². The molecule has 0 N–H and O–H groups in total. The molecule has 9 aliphatic heterocycles. The first-order valence-corrected chi connectivity index (χ1v) is 27.2. The van der Waals surface area contributed by atoms with E-state index >= 15 is 0 Å². The van der Waals surface area contributed by atoms with Crippen molar-refractivity contribution in [1.82, 2.24) is 14.7 Å². The number of fused-ring (bicyclic) bond motifs is 16. The van der Waals surface area contributed by atoms with Crippen LogP contribution in [0.4, 0.5) is 11.4 Å². The Morgan fingerprint density at radius 2 is 0.727 bits per heavy atom. The lowest BCUT2D eigenvalue weighted by Gasteiger charge is -2.48. The Kier molecular flexibility index (Phi) is 5.07. The van der Waals surface area contributed by atoms with Gasteiger partial charge >= 0.3 is 26.1 Å². The van der Waals surface area contributed by atoms with Crippen molar-refractivity contribution in [3.63, 3.8) is 0 Å². The number of ether oxygens (including phenoxy) is 1. The van der Waals surface area contributed by atoms with Gasteiger partial charge in [-0.2, -0.15) is 0 Å². The van der Waals surface area contributed by atoms with E-state index in [0.29, 0.717) is 0 Å². The molecule has 2 aromatic heterocycles. The molecule has 0 saturated carbocycles. The molecule has 0 aliphatic carbocycles. The molecule has 0 bridgehead atoms. The highest BCUT2D eigenvalue weighted by Crippen LogP contribution is 2.51. The van der Waals surface area contributed by atoms with Crippen molar-refractivity contribution in [1.29, 1.82) is 0 Å². The molecule has 19 rings (SSSR count). The van der Waals surface area contributed by atoms with E-state index < -0.39 is 16.1 Å². The first kappa shape index (κ1) is 32.8. The van der Waals surface area contributed by atoms with Gasteiger partial charge in [0, 0.05) is 10.9 Å². The van der Waals surface area contributed by atoms with E-state index in [-0.39, 0.29) is 18.1 Å². The van der Waals surface area contributed by atoms with Crippen LogP contribution in [-0.4, -0.2) is 39.5 Å². The smallest absolute Gasteiger partial charge is 0.340 e. The van der Waals surface area contributed by atoms with Crippen LogP contribution in [0.2, 0.25) is 0 Å². The van der Waals surface area contributed by atoms with Gasteiger partial charge in [0.25, 0.3) is 11.4 Å². The molecule has 6 nitrogen and oxygen atoms in total. The summed E-state index contributed by atoms with van der Waals surface area (Å²) in [5, 5.41) is 11.9. The van der Waals surface area contributed by atoms with E-state index in [1.54, 1.807) is 0 Å². The summed E-state index contributed by atoms with van der Waals surface area (Å²) in [6, 6.07) is 61.3. The fraction of sp³-hybridized carbons (Fsp3) is 0. The quantitative estimate of drug-likeness (QED) is 0.120. The summed E-state index contributed by atoms with van der Waals surface area (Å²) in [6.45, 7) is 0.0126. The third kappa shape index (κ3) is 2.93. The molecule has 8 aromatic carbocycles. The van der Waals surface area contributed by atoms with E-state index in [1.807, 2.05) is 0 Å². The van der Waals surface area contributed by atoms with E-state index in [0.717, 1.165) is 11.5 Å². The highest BCUT2D eigenvalue weighted by atomic mass is 28.3. The van der Waals surface area contributed by atoms with Crippen LogP contribution in [0.15, 0.2) is 183 Å². The van der Waals surface area contributed by atoms with Crippen molar-refractivity contribution in [2.24, 2.45) is 0 Å². The van der Waals surface area contributed by atoms with Crippen LogP contribution in [0.5, 0.6) is 11.5 Å². The van der Waals surface area contributed by atoms with Crippen LogP contribution in [-0.2, 0) is 0 Å². The molecule has 0 radical (unpaired) electrons. The molecule has 296 valence electrons. The van der Waals surface area contributed by atoms with Crippen molar-refractivity contribution in [3.8, 4) is 56.0 Å². The monoisotopic (exact) mass is 866 g/mol. The molecular weight excluding hydrogens is 836 g/mol. The first-order valence-electron chi connectivity index (χ1n) is 23.2. The Morgan fingerprint density at radius 3 is 1.15 bits per heavy atom. The fourth-order valence-electron chi connectivity index (χ4n) is 15.9. The van der Waals surface area contributed by atoms with E-state index in [2.05, 4.69) is 192 Å². The second-order valence-electron chi connectivity index (χ2n) is 19.6. The molecule has 10 aromatic rings. The SMILES string of the molecule is c1ccc2c(c1)-c1ccccc1[Si]21c2cccc3c2B2c4c1ccc1c4[N+]4(c5c(ccc6c5B5c7c(cccc7[Si]67c6ccccc6-c6ccccc67)-c6cnc[n+]4c65)O1)[n+]1cncc-3c12. The lowest BCUT2D eigenvalue weighted by molar-refractivity contribution is -1.03. The second-order valence-corrected chi connectivity index (χ2v) is 26.9. The number of quaternary nitrogens is 1. The van der Waals surface area contributed by atoms with Gasteiger partial charge in [0.15, 0.2) is 40.0 Å². The summed E-state index contributed by atoms with van der Waals surface area (Å²) >= 11 is 0. The van der Waals surface area contributed by atoms with Gasteiger partial charge in [0.1, 0.15) is 11.2 Å². The minimum Gasteiger partial charge on any atom is -0.444 e. The zero-order valence-corrected chi connectivity index (χ0v) is 37.1. The van der Waals surface area contributed by atoms with Crippen molar-refractivity contribution in [2.75, 3.05) is 0 Å². The van der Waals surface area contributed by atoms with Crippen LogP contribution in [0, 0.1) is 0 Å². The number of hydrogen-bond donors (Lipinski definition) is 0. The Labute approximate surface area is 381 Å². The van der Waals surface area contributed by atoms with Crippen LogP contribution in [0.1, 0.15) is 0 Å². The van der Waals surface area contributed by atoms with E-state index in [4.69, 9.17) is 14.7 Å². The van der Waals surface area contributed by atoms with Gasteiger partial charge in [-0.15, -0.1) is 0 Å². The Hall–Kier alpha value is -7.76. The average Bonchev–Trinajstić information content (AvgIpc) is 4.09. The number of hydrogen-bond acceptors (Lipinski definition) is 3. The van der Waals surface area contributed by atoms with Gasteiger partial charge in [-0.25, -0.2) is 0 Å². The van der Waals surface area contributed by atoms with E-state index in [9.17, 15) is 0 Å². The third-order valence-corrected chi connectivity index (χ3v) is 27.6. The summed E-state index contributed by atoms with van der Waals surface area (Å²) < 4.78 is 12.9. The summed E-state index contributed by atoms with van der Waals surface area (Å²) in [5.41, 5.74) is 21.2. The van der Waals surface area contributed by atoms with Crippen molar-refractivity contribution < 1.29 is 14.1 Å². The summed E-state index contributed by atoms with van der Waals surface area (Å²) in [4.78, 5) is 10.5. The molecule has 9 aliphatic rings. The van der Waals surface area contributed by atoms with Crippen molar-refractivity contribution >= 4 is 115 Å². The highest BCUT2D eigenvalue weighted by Gasteiger charge is 2.74. The minimum atomic E-state index is -2.93. The maximum atomic E-state index is 7.57. The van der Waals surface area contributed by atoms with Gasteiger partial charge in [-0.05, 0) is 96.4 Å². The molecular formula is C56H30B2N5OSi2+3. The van der Waals surface area contributed by atoms with Gasteiger partial charge < -0.3 is 4.74 Å². The number of rotatable bonds is 0. The molecule has 66 heavy (non-hydrogen) atoms. The Balaban J connectivity index is 1.05. The van der Waals surface area contributed by atoms with Crippen molar-refractivity contribution in [3.05, 3.63) is 183 Å². The molecule has 0 amide bonds. The molecule has 0 saturated heterocycles. The maximum Gasteiger partial charge on any atom is 0.340 e. The molecule has 0 unspecified atom stereocenters. The van der Waals surface area contributed by atoms with Crippen LogP contribution in [0.3, 0.4) is 0 Å². The van der Waals surface area contributed by atoms with Crippen LogP contribution in [0.25, 0.3) is 44.5 Å². The number of nitrogens with zero attached hydrogens (tertiary/aromatic N) is 5. The molecule has 11 heterocycles. The van der Waals surface area contributed by atoms with Gasteiger partial charge in [0.05, 0.1) is 15.8 Å². The molecule has 3 spiro atoms. The first-order chi connectivity index (χ1) is 32.8. The average molecular weight is 867 g/mol. The van der Waals surface area contributed by atoms with Gasteiger partial charge in [0.2, 0.25) is 0 Å².